The Bertz CT molecular complexity index is 790. The summed E-state index contributed by atoms with van der Waals surface area (Å²) in [7, 11) is 0.991. The molecule has 1 unspecified atom stereocenters. The van der Waals surface area contributed by atoms with Gasteiger partial charge in [0.15, 0.2) is 19.8 Å². The zero-order chi connectivity index (χ0) is 22.7. The van der Waals surface area contributed by atoms with Crippen molar-refractivity contribution in [3.8, 4) is 11.5 Å². The van der Waals surface area contributed by atoms with E-state index in [-0.39, 0.29) is 28.2 Å². The topological polar surface area (TPSA) is 97.3 Å². The van der Waals surface area contributed by atoms with Gasteiger partial charge in [0.2, 0.25) is 0 Å². The maximum absolute atomic E-state index is 13.4. The first-order valence-corrected chi connectivity index (χ1v) is 13.0. The van der Waals surface area contributed by atoms with Gasteiger partial charge < -0.3 is 23.9 Å². The lowest BCUT2D eigenvalue weighted by atomic mass is 10.1. The van der Waals surface area contributed by atoms with Gasteiger partial charge in [-0.25, -0.2) is 4.79 Å². The standard InChI is InChI=1S/C21H34N2O6Si/c1-21(2,3)30(6,7)29-13-14-9-8-10-23(14)19(24)15-11-17(27-4)18(28-5)12-16(15)22-20(25)26/h11-12,14,22H,8-10,13H2,1-7H3,(H,25,26). The molecule has 1 fully saturated rings. The first-order valence-electron chi connectivity index (χ1n) is 10.1. The molecule has 2 rings (SSSR count). The van der Waals surface area contributed by atoms with Crippen molar-refractivity contribution in [2.24, 2.45) is 0 Å². The summed E-state index contributed by atoms with van der Waals surface area (Å²) in [4.78, 5) is 26.4. The lowest BCUT2D eigenvalue weighted by Crippen LogP contribution is -2.46. The number of carbonyl (C=O) groups is 2. The van der Waals surface area contributed by atoms with Gasteiger partial charge in [-0.05, 0) is 37.0 Å². The molecule has 1 atom stereocenters. The lowest BCUT2D eigenvalue weighted by Gasteiger charge is -2.38. The highest BCUT2D eigenvalue weighted by atomic mass is 28.4. The zero-order valence-corrected chi connectivity index (χ0v) is 20.0. The quantitative estimate of drug-likeness (QED) is 0.612. The van der Waals surface area contributed by atoms with Crippen LogP contribution < -0.4 is 14.8 Å². The molecule has 1 heterocycles. The Hall–Kier alpha value is -2.26. The number of hydrogen-bond acceptors (Lipinski definition) is 5. The van der Waals surface area contributed by atoms with E-state index in [1.807, 2.05) is 0 Å². The molecule has 30 heavy (non-hydrogen) atoms. The molecule has 9 heteroatoms. The summed E-state index contributed by atoms with van der Waals surface area (Å²) in [6.45, 7) is 12.0. The fourth-order valence-electron chi connectivity index (χ4n) is 3.23. The van der Waals surface area contributed by atoms with Crippen LogP contribution in [-0.4, -0.2) is 63.7 Å². The molecule has 0 spiro atoms. The molecular formula is C21H34N2O6Si. The number of carboxylic acid groups (broad SMARTS) is 1. The number of hydrogen-bond donors (Lipinski definition) is 2. The van der Waals surface area contributed by atoms with Crippen molar-refractivity contribution in [2.75, 3.05) is 32.7 Å². The van der Waals surface area contributed by atoms with Crippen LogP contribution >= 0.6 is 0 Å². The van der Waals surface area contributed by atoms with Crippen molar-refractivity contribution in [2.45, 2.75) is 57.8 Å². The number of ether oxygens (including phenoxy) is 2. The molecule has 2 N–H and O–H groups in total. The van der Waals surface area contributed by atoms with E-state index in [0.717, 1.165) is 12.8 Å². The second kappa shape index (κ2) is 9.26. The highest BCUT2D eigenvalue weighted by molar-refractivity contribution is 6.74. The molecule has 0 radical (unpaired) electrons. The molecule has 1 aromatic carbocycles. The molecule has 168 valence electrons. The number of rotatable bonds is 7. The number of nitrogens with one attached hydrogen (secondary N) is 1. The summed E-state index contributed by atoms with van der Waals surface area (Å²) in [5, 5.41) is 11.6. The van der Waals surface area contributed by atoms with E-state index in [1.165, 1.54) is 26.4 Å². The van der Waals surface area contributed by atoms with Gasteiger partial charge in [-0.1, -0.05) is 20.8 Å². The maximum Gasteiger partial charge on any atom is 0.409 e. The van der Waals surface area contributed by atoms with Gasteiger partial charge in [0.05, 0.1) is 38.1 Å². The Morgan fingerprint density at radius 1 is 1.20 bits per heavy atom. The molecule has 0 bridgehead atoms. The summed E-state index contributed by atoms with van der Waals surface area (Å²) in [5.74, 6) is 0.461. The second-order valence-corrected chi connectivity index (χ2v) is 13.9. The fraction of sp³-hybridized carbons (Fsp3) is 0.619. The Morgan fingerprint density at radius 2 is 1.80 bits per heavy atom. The van der Waals surface area contributed by atoms with Crippen LogP contribution in [0, 0.1) is 0 Å². The van der Waals surface area contributed by atoms with Gasteiger partial charge in [0, 0.05) is 12.6 Å². The number of amides is 2. The smallest absolute Gasteiger partial charge is 0.409 e. The van der Waals surface area contributed by atoms with Crippen molar-refractivity contribution >= 4 is 26.0 Å². The summed E-state index contributed by atoms with van der Waals surface area (Å²) >= 11 is 0. The van der Waals surface area contributed by atoms with Crippen LogP contribution in [0.25, 0.3) is 0 Å². The third kappa shape index (κ3) is 5.26. The van der Waals surface area contributed by atoms with E-state index < -0.39 is 14.4 Å². The van der Waals surface area contributed by atoms with Gasteiger partial charge >= 0.3 is 6.09 Å². The number of nitrogens with zero attached hydrogens (tertiary/aromatic N) is 1. The third-order valence-corrected chi connectivity index (χ3v) is 10.6. The predicted octanol–water partition coefficient (Wildman–Crippen LogP) is 4.42. The normalized spacial score (nSPS) is 17.0. The van der Waals surface area contributed by atoms with Crippen LogP contribution in [0.2, 0.25) is 18.1 Å². The molecule has 1 saturated heterocycles. The minimum Gasteiger partial charge on any atom is -0.493 e. The molecular weight excluding hydrogens is 404 g/mol. The number of benzene rings is 1. The van der Waals surface area contributed by atoms with Gasteiger partial charge in [-0.15, -0.1) is 0 Å². The molecule has 1 aliphatic rings. The number of anilines is 1. The number of carbonyl (C=O) groups excluding carboxylic acids is 1. The molecule has 8 nitrogen and oxygen atoms in total. The van der Waals surface area contributed by atoms with E-state index in [9.17, 15) is 14.7 Å². The SMILES string of the molecule is COc1cc(NC(=O)O)c(C(=O)N2CCCC2CO[Si](C)(C)C(C)(C)C)cc1OC. The molecule has 0 aromatic heterocycles. The Morgan fingerprint density at radius 3 is 2.33 bits per heavy atom. The van der Waals surface area contributed by atoms with Crippen LogP contribution in [0.4, 0.5) is 10.5 Å². The molecule has 0 aliphatic carbocycles. The van der Waals surface area contributed by atoms with Gasteiger partial charge in [0.25, 0.3) is 5.91 Å². The highest BCUT2D eigenvalue weighted by Gasteiger charge is 2.39. The van der Waals surface area contributed by atoms with E-state index in [2.05, 4.69) is 39.2 Å². The van der Waals surface area contributed by atoms with Crippen LogP contribution in [0.15, 0.2) is 12.1 Å². The fourth-order valence-corrected chi connectivity index (χ4v) is 4.27. The first kappa shape index (κ1) is 24.0. The van der Waals surface area contributed by atoms with Crippen molar-refractivity contribution in [3.05, 3.63) is 17.7 Å². The molecule has 1 aromatic rings. The van der Waals surface area contributed by atoms with E-state index in [4.69, 9.17) is 13.9 Å². The summed E-state index contributed by atoms with van der Waals surface area (Å²) < 4.78 is 16.9. The van der Waals surface area contributed by atoms with E-state index in [0.29, 0.717) is 24.7 Å². The van der Waals surface area contributed by atoms with E-state index in [1.54, 1.807) is 4.90 Å². The molecule has 2 amide bonds. The number of likely N-dealkylation sites (tertiary alicyclic amines) is 1. The predicted molar refractivity (Wildman–Crippen MR) is 118 cm³/mol. The minimum atomic E-state index is -1.94. The van der Waals surface area contributed by atoms with Crippen LogP contribution in [0.3, 0.4) is 0 Å². The van der Waals surface area contributed by atoms with Crippen LogP contribution in [0.1, 0.15) is 44.0 Å². The van der Waals surface area contributed by atoms with Crippen LogP contribution in [0.5, 0.6) is 11.5 Å². The molecule has 0 saturated carbocycles. The Kier molecular flexibility index (Phi) is 7.41. The van der Waals surface area contributed by atoms with Crippen molar-refractivity contribution < 1.29 is 28.6 Å². The Labute approximate surface area is 179 Å². The summed E-state index contributed by atoms with van der Waals surface area (Å²) in [6, 6.07) is 2.95. The average molecular weight is 439 g/mol. The van der Waals surface area contributed by atoms with Gasteiger partial charge in [-0.2, -0.15) is 0 Å². The number of methoxy groups -OCH3 is 2. The lowest BCUT2D eigenvalue weighted by molar-refractivity contribution is 0.0684. The first-order chi connectivity index (χ1) is 13.9. The zero-order valence-electron chi connectivity index (χ0n) is 19.0. The van der Waals surface area contributed by atoms with Gasteiger partial charge in [0.1, 0.15) is 0 Å². The maximum atomic E-state index is 13.4. The monoisotopic (exact) mass is 438 g/mol. The average Bonchev–Trinajstić information content (AvgIpc) is 3.12. The van der Waals surface area contributed by atoms with Gasteiger partial charge in [-0.3, -0.25) is 10.1 Å². The third-order valence-electron chi connectivity index (χ3n) is 6.08. The van der Waals surface area contributed by atoms with Crippen molar-refractivity contribution in [3.63, 3.8) is 0 Å². The molecule has 1 aliphatic heterocycles. The van der Waals surface area contributed by atoms with Crippen molar-refractivity contribution in [1.82, 2.24) is 4.90 Å². The summed E-state index contributed by atoms with van der Waals surface area (Å²) in [6.07, 6.45) is 0.484. The largest absolute Gasteiger partial charge is 0.493 e. The van der Waals surface area contributed by atoms with Crippen molar-refractivity contribution in [1.29, 1.82) is 0 Å². The van der Waals surface area contributed by atoms with E-state index >= 15 is 0 Å². The van der Waals surface area contributed by atoms with Crippen LogP contribution in [-0.2, 0) is 4.43 Å². The summed E-state index contributed by atoms with van der Waals surface area (Å²) in [5.41, 5.74) is 0.399. The Balaban J connectivity index is 2.30. The second-order valence-electron chi connectivity index (χ2n) is 9.05. The minimum absolute atomic E-state index is 0.0441. The highest BCUT2D eigenvalue weighted by Crippen LogP contribution is 2.38.